The van der Waals surface area contributed by atoms with Gasteiger partial charge in [0.2, 0.25) is 12.6 Å². The first-order chi connectivity index (χ1) is 14.0. The van der Waals surface area contributed by atoms with Gasteiger partial charge in [-0.15, -0.1) is 0 Å². The molecule has 2 aromatic rings. The largest absolute Gasteiger partial charge is 0.496 e. The number of carbonyl (C=O) groups excluding carboxylic acids is 2. The fraction of sp³-hybridized carbons (Fsp3) is 0.238. The molecule has 0 N–H and O–H groups in total. The molecule has 29 heavy (non-hydrogen) atoms. The molecule has 0 aromatic heterocycles. The minimum absolute atomic E-state index is 0.0763. The normalized spacial score (nSPS) is 12.3. The van der Waals surface area contributed by atoms with E-state index in [1.165, 1.54) is 40.6 Å². The zero-order valence-electron chi connectivity index (χ0n) is 16.4. The van der Waals surface area contributed by atoms with Crippen molar-refractivity contribution in [1.29, 1.82) is 0 Å². The van der Waals surface area contributed by atoms with Gasteiger partial charge in [0, 0.05) is 17.7 Å². The van der Waals surface area contributed by atoms with E-state index in [0.717, 1.165) is 0 Å². The van der Waals surface area contributed by atoms with Gasteiger partial charge in [0.1, 0.15) is 22.8 Å². The van der Waals surface area contributed by atoms with E-state index in [-0.39, 0.29) is 17.9 Å². The van der Waals surface area contributed by atoms with Crippen LogP contribution in [0.15, 0.2) is 35.9 Å². The maximum Gasteiger partial charge on any atom is 0.341 e. The van der Waals surface area contributed by atoms with E-state index in [1.807, 2.05) is 0 Å². The summed E-state index contributed by atoms with van der Waals surface area (Å²) in [6, 6.07) is 7.92. The second-order valence-corrected chi connectivity index (χ2v) is 5.89. The Morgan fingerprint density at radius 3 is 2.14 bits per heavy atom. The van der Waals surface area contributed by atoms with Gasteiger partial charge < -0.3 is 28.4 Å². The topological polar surface area (TPSA) is 89.5 Å². The monoisotopic (exact) mass is 400 g/mol. The Morgan fingerprint density at radius 1 is 0.897 bits per heavy atom. The Hall–Kier alpha value is -3.68. The van der Waals surface area contributed by atoms with Crippen molar-refractivity contribution < 1.29 is 38.0 Å². The molecule has 0 aliphatic carbocycles. The third kappa shape index (κ3) is 3.96. The highest BCUT2D eigenvalue weighted by Crippen LogP contribution is 2.37. The molecule has 0 bridgehead atoms. The molecule has 0 saturated heterocycles. The number of methoxy groups -OCH3 is 4. The summed E-state index contributed by atoms with van der Waals surface area (Å²) in [4.78, 5) is 25.5. The molecule has 8 heteroatoms. The Labute approximate surface area is 167 Å². The Balaban J connectivity index is 2.11. The van der Waals surface area contributed by atoms with Gasteiger partial charge in [-0.25, -0.2) is 4.79 Å². The van der Waals surface area contributed by atoms with Crippen molar-refractivity contribution in [3.8, 4) is 28.7 Å². The summed E-state index contributed by atoms with van der Waals surface area (Å²) in [5.41, 5.74) is 0.441. The summed E-state index contributed by atoms with van der Waals surface area (Å²) in [6.45, 7) is 0.0763. The molecule has 0 saturated carbocycles. The molecule has 0 spiro atoms. The predicted octanol–water partition coefficient (Wildman–Crippen LogP) is 2.88. The van der Waals surface area contributed by atoms with E-state index in [1.54, 1.807) is 24.3 Å². The van der Waals surface area contributed by atoms with E-state index in [0.29, 0.717) is 34.3 Å². The number of fused-ring (bicyclic) bond motifs is 1. The van der Waals surface area contributed by atoms with Gasteiger partial charge >= 0.3 is 5.97 Å². The molecule has 3 rings (SSSR count). The highest BCUT2D eigenvalue weighted by Gasteiger charge is 2.25. The maximum absolute atomic E-state index is 13.1. The first kappa shape index (κ1) is 20.1. The number of hydrogen-bond acceptors (Lipinski definition) is 8. The van der Waals surface area contributed by atoms with Crippen molar-refractivity contribution in [3.05, 3.63) is 47.0 Å². The first-order valence-electron chi connectivity index (χ1n) is 8.56. The molecule has 0 fully saturated rings. The molecular weight excluding hydrogens is 380 g/mol. The van der Waals surface area contributed by atoms with Gasteiger partial charge in [-0.3, -0.25) is 4.79 Å². The lowest BCUT2D eigenvalue weighted by atomic mass is 9.99. The third-order valence-corrected chi connectivity index (χ3v) is 4.33. The fourth-order valence-electron chi connectivity index (χ4n) is 2.84. The van der Waals surface area contributed by atoms with Gasteiger partial charge in [0.25, 0.3) is 0 Å². The Bertz CT molecular complexity index is 952. The number of Topliss-reactive ketones (excluding diaryl/α,β-unsaturated/α-hetero) is 1. The van der Waals surface area contributed by atoms with Crippen molar-refractivity contribution in [2.45, 2.75) is 0 Å². The van der Waals surface area contributed by atoms with E-state index in [9.17, 15) is 9.59 Å². The van der Waals surface area contributed by atoms with Crippen LogP contribution in [0.3, 0.4) is 0 Å². The quantitative estimate of drug-likeness (QED) is 0.230. The summed E-state index contributed by atoms with van der Waals surface area (Å²) >= 11 is 0. The number of carbonyl (C=O) groups is 2. The van der Waals surface area contributed by atoms with Crippen LogP contribution in [-0.2, 0) is 9.53 Å². The van der Waals surface area contributed by atoms with Crippen LogP contribution < -0.4 is 23.7 Å². The number of esters is 1. The zero-order valence-corrected chi connectivity index (χ0v) is 16.4. The van der Waals surface area contributed by atoms with Gasteiger partial charge in [-0.05, 0) is 24.3 Å². The lowest BCUT2D eigenvalue weighted by Gasteiger charge is -2.14. The highest BCUT2D eigenvalue weighted by atomic mass is 16.7. The molecular formula is C21H20O8. The van der Waals surface area contributed by atoms with Gasteiger partial charge in [-0.2, -0.15) is 0 Å². The first-order valence-corrected chi connectivity index (χ1v) is 8.56. The molecule has 0 atom stereocenters. The van der Waals surface area contributed by atoms with Gasteiger partial charge in [0.15, 0.2) is 11.5 Å². The molecule has 8 nitrogen and oxygen atoms in total. The Kier molecular flexibility index (Phi) is 5.92. The van der Waals surface area contributed by atoms with Crippen molar-refractivity contribution in [3.63, 3.8) is 0 Å². The van der Waals surface area contributed by atoms with E-state index in [4.69, 9.17) is 28.4 Å². The van der Waals surface area contributed by atoms with Crippen LogP contribution in [0.25, 0.3) is 6.08 Å². The predicted molar refractivity (Wildman–Crippen MR) is 103 cm³/mol. The van der Waals surface area contributed by atoms with Gasteiger partial charge in [-0.1, -0.05) is 0 Å². The molecule has 152 valence electrons. The van der Waals surface area contributed by atoms with E-state index < -0.39 is 11.8 Å². The molecule has 0 unspecified atom stereocenters. The van der Waals surface area contributed by atoms with E-state index >= 15 is 0 Å². The standard InChI is InChI=1S/C21H20O8/c1-24-13-8-17(25-2)14(18(9-13)26-3)10-15(21(23)27-4)20(22)12-5-6-16-19(7-12)29-11-28-16/h5-10H,11H2,1-4H3/b15-10-. The number of ketones is 1. The second-order valence-electron chi connectivity index (χ2n) is 5.89. The minimum Gasteiger partial charge on any atom is -0.496 e. The number of hydrogen-bond donors (Lipinski definition) is 0. The van der Waals surface area contributed by atoms with E-state index in [2.05, 4.69) is 0 Å². The van der Waals surface area contributed by atoms with Crippen LogP contribution in [0, 0.1) is 0 Å². The number of rotatable bonds is 7. The third-order valence-electron chi connectivity index (χ3n) is 4.33. The van der Waals surface area contributed by atoms with Crippen LogP contribution in [0.5, 0.6) is 28.7 Å². The molecule has 1 aliphatic rings. The summed E-state index contributed by atoms with van der Waals surface area (Å²) in [7, 11) is 5.63. The van der Waals surface area contributed by atoms with Crippen molar-refractivity contribution in [1.82, 2.24) is 0 Å². The summed E-state index contributed by atoms with van der Waals surface area (Å²) in [6.07, 6.45) is 1.37. The van der Waals surface area contributed by atoms with Crippen LogP contribution >= 0.6 is 0 Å². The lowest BCUT2D eigenvalue weighted by molar-refractivity contribution is -0.135. The van der Waals surface area contributed by atoms with Crippen LogP contribution in [0.4, 0.5) is 0 Å². The van der Waals surface area contributed by atoms with Crippen molar-refractivity contribution in [2.75, 3.05) is 35.2 Å². The highest BCUT2D eigenvalue weighted by molar-refractivity contribution is 6.27. The zero-order chi connectivity index (χ0) is 21.0. The average molecular weight is 400 g/mol. The van der Waals surface area contributed by atoms with Crippen LogP contribution in [0.2, 0.25) is 0 Å². The second kappa shape index (κ2) is 8.55. The number of benzene rings is 2. The molecule has 1 aliphatic heterocycles. The molecule has 0 radical (unpaired) electrons. The molecule has 0 amide bonds. The molecule has 1 heterocycles. The van der Waals surface area contributed by atoms with Crippen LogP contribution in [0.1, 0.15) is 15.9 Å². The smallest absolute Gasteiger partial charge is 0.341 e. The summed E-state index contributed by atoms with van der Waals surface area (Å²) in [5.74, 6) is 0.839. The SMILES string of the molecule is COC(=O)/C(=C\c1c(OC)cc(OC)cc1OC)C(=O)c1ccc2c(c1)OCO2. The van der Waals surface area contributed by atoms with Gasteiger partial charge in [0.05, 0.1) is 34.0 Å². The Morgan fingerprint density at radius 2 is 1.55 bits per heavy atom. The van der Waals surface area contributed by atoms with Crippen LogP contribution in [-0.4, -0.2) is 47.0 Å². The van der Waals surface area contributed by atoms with Crippen molar-refractivity contribution >= 4 is 17.8 Å². The number of ether oxygens (including phenoxy) is 6. The minimum atomic E-state index is -0.799. The summed E-state index contributed by atoms with van der Waals surface area (Å²) < 4.78 is 31.4. The summed E-state index contributed by atoms with van der Waals surface area (Å²) in [5, 5.41) is 0. The maximum atomic E-state index is 13.1. The molecule has 2 aromatic carbocycles. The van der Waals surface area contributed by atoms with Crippen molar-refractivity contribution in [2.24, 2.45) is 0 Å². The fourth-order valence-corrected chi connectivity index (χ4v) is 2.84. The average Bonchev–Trinajstić information content (AvgIpc) is 3.23. The lowest BCUT2D eigenvalue weighted by Crippen LogP contribution is -2.15.